The summed E-state index contributed by atoms with van der Waals surface area (Å²) in [6.45, 7) is 4.22. The van der Waals surface area contributed by atoms with Gasteiger partial charge in [0.2, 0.25) is 0 Å². The van der Waals surface area contributed by atoms with Crippen LogP contribution in [0.5, 0.6) is 11.5 Å². The Hall–Kier alpha value is -4.16. The molecule has 0 aliphatic carbocycles. The lowest BCUT2D eigenvalue weighted by atomic mass is 10.0. The van der Waals surface area contributed by atoms with E-state index in [9.17, 15) is 4.79 Å². The number of carbonyl (C=O) groups excluding carboxylic acids is 1. The molecule has 0 unspecified atom stereocenters. The third kappa shape index (κ3) is 5.67. The van der Waals surface area contributed by atoms with Crippen LogP contribution < -0.4 is 15.0 Å². The molecule has 0 spiro atoms. The molecule has 1 N–H and O–H groups in total. The fourth-order valence-electron chi connectivity index (χ4n) is 4.09. The molecule has 176 valence electrons. The second-order valence-corrected chi connectivity index (χ2v) is 8.69. The number of aromatic nitrogens is 1. The standard InChI is InChI=1S/C29H28N4O2/c1-32-15-17-33(18-16-32)26-11-7-22(8-12-26)23-19-24(21-30-20-23)29(34)31-25-9-13-28(14-10-25)35-27-5-3-2-4-6-27/h2-14,19-21H,15-18H2,1H3,(H,31,34). The molecule has 0 saturated carbocycles. The normalized spacial score (nSPS) is 13.9. The summed E-state index contributed by atoms with van der Waals surface area (Å²) in [5.41, 5.74) is 4.37. The Balaban J connectivity index is 1.23. The summed E-state index contributed by atoms with van der Waals surface area (Å²) in [7, 11) is 2.16. The monoisotopic (exact) mass is 464 g/mol. The molecule has 6 heteroatoms. The molecule has 1 saturated heterocycles. The van der Waals surface area contributed by atoms with Crippen LogP contribution >= 0.6 is 0 Å². The molecule has 1 fully saturated rings. The summed E-state index contributed by atoms with van der Waals surface area (Å²) in [4.78, 5) is 21.9. The van der Waals surface area contributed by atoms with Gasteiger partial charge < -0.3 is 19.9 Å². The van der Waals surface area contributed by atoms with Crippen molar-refractivity contribution >= 4 is 17.3 Å². The van der Waals surface area contributed by atoms with Gasteiger partial charge in [0.25, 0.3) is 5.91 Å². The van der Waals surface area contributed by atoms with E-state index in [1.807, 2.05) is 60.7 Å². The fraction of sp³-hybridized carbons (Fsp3) is 0.172. The number of para-hydroxylation sites is 1. The van der Waals surface area contributed by atoms with Gasteiger partial charge in [-0.3, -0.25) is 9.78 Å². The molecule has 4 aromatic rings. The predicted molar refractivity (Wildman–Crippen MR) is 140 cm³/mol. The summed E-state index contributed by atoms with van der Waals surface area (Å²) in [6, 6.07) is 27.3. The quantitative estimate of drug-likeness (QED) is 0.406. The molecule has 6 nitrogen and oxygen atoms in total. The molecule has 1 aromatic heterocycles. The van der Waals surface area contributed by atoms with Crippen LogP contribution in [-0.4, -0.2) is 49.0 Å². The summed E-state index contributed by atoms with van der Waals surface area (Å²) in [5, 5.41) is 2.94. The van der Waals surface area contributed by atoms with E-state index < -0.39 is 0 Å². The molecule has 1 amide bonds. The number of rotatable bonds is 6. The van der Waals surface area contributed by atoms with Crippen LogP contribution in [0, 0.1) is 0 Å². The van der Waals surface area contributed by atoms with Gasteiger partial charge in [0, 0.05) is 55.5 Å². The molecular weight excluding hydrogens is 436 g/mol. The number of hydrogen-bond acceptors (Lipinski definition) is 5. The van der Waals surface area contributed by atoms with Crippen molar-refractivity contribution in [3.63, 3.8) is 0 Å². The number of nitrogens with one attached hydrogen (secondary N) is 1. The minimum Gasteiger partial charge on any atom is -0.457 e. The van der Waals surface area contributed by atoms with Crippen molar-refractivity contribution in [2.24, 2.45) is 0 Å². The third-order valence-electron chi connectivity index (χ3n) is 6.16. The lowest BCUT2D eigenvalue weighted by Crippen LogP contribution is -2.44. The highest BCUT2D eigenvalue weighted by Crippen LogP contribution is 2.25. The second-order valence-electron chi connectivity index (χ2n) is 8.69. The van der Waals surface area contributed by atoms with Crippen molar-refractivity contribution in [2.75, 3.05) is 43.4 Å². The van der Waals surface area contributed by atoms with Crippen LogP contribution in [0.25, 0.3) is 11.1 Å². The molecule has 1 aliphatic heterocycles. The highest BCUT2D eigenvalue weighted by molar-refractivity contribution is 6.04. The van der Waals surface area contributed by atoms with Crippen LogP contribution in [0.15, 0.2) is 97.3 Å². The van der Waals surface area contributed by atoms with E-state index in [1.165, 1.54) is 5.69 Å². The van der Waals surface area contributed by atoms with Gasteiger partial charge in [-0.25, -0.2) is 0 Å². The lowest BCUT2D eigenvalue weighted by Gasteiger charge is -2.34. The Bertz CT molecular complexity index is 1270. The van der Waals surface area contributed by atoms with Crippen molar-refractivity contribution in [2.45, 2.75) is 0 Å². The summed E-state index contributed by atoms with van der Waals surface area (Å²) >= 11 is 0. The molecule has 0 radical (unpaired) electrons. The van der Waals surface area contributed by atoms with Gasteiger partial charge in [-0.2, -0.15) is 0 Å². The molecule has 0 atom stereocenters. The largest absolute Gasteiger partial charge is 0.457 e. The molecule has 2 heterocycles. The lowest BCUT2D eigenvalue weighted by molar-refractivity contribution is 0.102. The first-order valence-corrected chi connectivity index (χ1v) is 11.8. The van der Waals surface area contributed by atoms with Crippen LogP contribution in [0.4, 0.5) is 11.4 Å². The van der Waals surface area contributed by atoms with Gasteiger partial charge in [0.05, 0.1) is 5.56 Å². The molecule has 1 aliphatic rings. The van der Waals surface area contributed by atoms with Gasteiger partial charge >= 0.3 is 0 Å². The number of anilines is 2. The number of piperazine rings is 1. The first-order chi connectivity index (χ1) is 17.1. The van der Waals surface area contributed by atoms with Crippen molar-refractivity contribution in [3.8, 4) is 22.6 Å². The number of ether oxygens (including phenoxy) is 1. The van der Waals surface area contributed by atoms with Crippen LogP contribution in [0.2, 0.25) is 0 Å². The number of benzene rings is 3. The number of hydrogen-bond donors (Lipinski definition) is 1. The summed E-state index contributed by atoms with van der Waals surface area (Å²) < 4.78 is 5.81. The zero-order chi connectivity index (χ0) is 24.0. The Morgan fingerprint density at radius 1 is 0.800 bits per heavy atom. The van der Waals surface area contributed by atoms with E-state index in [4.69, 9.17) is 4.74 Å². The average molecular weight is 465 g/mol. The maximum Gasteiger partial charge on any atom is 0.257 e. The van der Waals surface area contributed by atoms with Crippen LogP contribution in [-0.2, 0) is 0 Å². The first kappa shape index (κ1) is 22.6. The van der Waals surface area contributed by atoms with Crippen LogP contribution in [0.1, 0.15) is 10.4 Å². The van der Waals surface area contributed by atoms with Gasteiger partial charge in [-0.05, 0) is 67.2 Å². The maximum atomic E-state index is 12.9. The zero-order valence-corrected chi connectivity index (χ0v) is 19.7. The molecular formula is C29H28N4O2. The minimum absolute atomic E-state index is 0.204. The summed E-state index contributed by atoms with van der Waals surface area (Å²) in [6.07, 6.45) is 3.38. The number of amides is 1. The molecule has 5 rings (SSSR count). The number of pyridine rings is 1. The molecule has 3 aromatic carbocycles. The van der Waals surface area contributed by atoms with Gasteiger partial charge in [0.1, 0.15) is 11.5 Å². The van der Waals surface area contributed by atoms with E-state index in [0.29, 0.717) is 17.0 Å². The van der Waals surface area contributed by atoms with Gasteiger partial charge in [-0.1, -0.05) is 30.3 Å². The van der Waals surface area contributed by atoms with E-state index in [-0.39, 0.29) is 5.91 Å². The third-order valence-corrected chi connectivity index (χ3v) is 6.16. The Labute approximate surface area is 205 Å². The van der Waals surface area contributed by atoms with Crippen LogP contribution in [0.3, 0.4) is 0 Å². The van der Waals surface area contributed by atoms with Crippen molar-refractivity contribution in [3.05, 3.63) is 103 Å². The summed E-state index contributed by atoms with van der Waals surface area (Å²) in [5.74, 6) is 1.27. The Kier molecular flexibility index (Phi) is 6.73. The zero-order valence-electron chi connectivity index (χ0n) is 19.7. The Morgan fingerprint density at radius 3 is 2.20 bits per heavy atom. The first-order valence-electron chi connectivity index (χ1n) is 11.8. The van der Waals surface area contributed by atoms with Crippen molar-refractivity contribution in [1.82, 2.24) is 9.88 Å². The highest BCUT2D eigenvalue weighted by Gasteiger charge is 2.14. The van der Waals surface area contributed by atoms with Crippen molar-refractivity contribution < 1.29 is 9.53 Å². The highest BCUT2D eigenvalue weighted by atomic mass is 16.5. The van der Waals surface area contributed by atoms with E-state index >= 15 is 0 Å². The number of likely N-dealkylation sites (N-methyl/N-ethyl adjacent to an activating group) is 1. The van der Waals surface area contributed by atoms with E-state index in [0.717, 1.165) is 43.1 Å². The topological polar surface area (TPSA) is 57.7 Å². The average Bonchev–Trinajstić information content (AvgIpc) is 2.91. The van der Waals surface area contributed by atoms with Crippen molar-refractivity contribution in [1.29, 1.82) is 0 Å². The predicted octanol–water partition coefficient (Wildman–Crippen LogP) is 5.55. The fourth-order valence-corrected chi connectivity index (χ4v) is 4.09. The number of nitrogens with zero attached hydrogens (tertiary/aromatic N) is 3. The van der Waals surface area contributed by atoms with Gasteiger partial charge in [-0.15, -0.1) is 0 Å². The Morgan fingerprint density at radius 2 is 1.49 bits per heavy atom. The maximum absolute atomic E-state index is 12.9. The van der Waals surface area contributed by atoms with Gasteiger partial charge in [0.15, 0.2) is 0 Å². The smallest absolute Gasteiger partial charge is 0.257 e. The minimum atomic E-state index is -0.204. The second kappa shape index (κ2) is 10.4. The molecule has 0 bridgehead atoms. The van der Waals surface area contributed by atoms with E-state index in [1.54, 1.807) is 12.4 Å². The van der Waals surface area contributed by atoms with E-state index in [2.05, 4.69) is 51.4 Å². The SMILES string of the molecule is CN1CCN(c2ccc(-c3cncc(C(=O)Nc4ccc(Oc5ccccc5)cc4)c3)cc2)CC1. The molecule has 35 heavy (non-hydrogen) atoms. The number of carbonyl (C=O) groups is 1.